The van der Waals surface area contributed by atoms with E-state index in [1.54, 1.807) is 18.3 Å². The Morgan fingerprint density at radius 1 is 1.20 bits per heavy atom. The fourth-order valence-corrected chi connectivity index (χ4v) is 3.51. The number of hydrogen-bond donors (Lipinski definition) is 2. The molecule has 8 heteroatoms. The Morgan fingerprint density at radius 3 is 2.83 bits per heavy atom. The van der Waals surface area contributed by atoms with Crippen LogP contribution in [0.15, 0.2) is 36.7 Å². The second-order valence-electron chi connectivity index (χ2n) is 7.64. The number of anilines is 3. The van der Waals surface area contributed by atoms with Gasteiger partial charge in [0.05, 0.1) is 29.2 Å². The van der Waals surface area contributed by atoms with Crippen molar-refractivity contribution in [2.24, 2.45) is 0 Å². The number of aryl methyl sites for hydroxylation is 1. The van der Waals surface area contributed by atoms with Crippen LogP contribution in [-0.2, 0) is 17.6 Å². The van der Waals surface area contributed by atoms with Gasteiger partial charge in [-0.3, -0.25) is 9.78 Å². The van der Waals surface area contributed by atoms with Crippen LogP contribution in [0.5, 0.6) is 0 Å². The summed E-state index contributed by atoms with van der Waals surface area (Å²) in [4.78, 5) is 28.1. The highest BCUT2D eigenvalue weighted by Gasteiger charge is 2.21. The van der Waals surface area contributed by atoms with Gasteiger partial charge in [0.2, 0.25) is 11.9 Å². The quantitative estimate of drug-likeness (QED) is 0.650. The summed E-state index contributed by atoms with van der Waals surface area (Å²) in [6, 6.07) is 7.48. The minimum absolute atomic E-state index is 0.116. The molecular formula is C22H23ClN6O. The summed E-state index contributed by atoms with van der Waals surface area (Å²) in [6.45, 7) is 2.89. The van der Waals surface area contributed by atoms with Crippen molar-refractivity contribution in [2.45, 2.75) is 19.8 Å². The molecule has 1 aromatic carbocycles. The molecule has 0 unspecified atom stereocenters. The first-order valence-corrected chi connectivity index (χ1v) is 10.1. The Bertz CT molecular complexity index is 1110. The maximum Gasteiger partial charge on any atom is 0.228 e. The van der Waals surface area contributed by atoms with E-state index in [1.807, 2.05) is 19.2 Å². The Kier molecular flexibility index (Phi) is 5.65. The zero-order chi connectivity index (χ0) is 21.3. The van der Waals surface area contributed by atoms with Gasteiger partial charge in [-0.2, -0.15) is 0 Å². The SMILES string of the molecule is Cc1ncc(CCN(C)C)cc1Nc1ncc2c(n1)-c1ccc(Cl)cc1NC(=O)C2. The van der Waals surface area contributed by atoms with Crippen molar-refractivity contribution in [3.8, 4) is 11.3 Å². The second-order valence-corrected chi connectivity index (χ2v) is 8.07. The van der Waals surface area contributed by atoms with E-state index < -0.39 is 0 Å². The molecule has 3 heterocycles. The van der Waals surface area contributed by atoms with E-state index in [9.17, 15) is 4.79 Å². The van der Waals surface area contributed by atoms with Gasteiger partial charge in [-0.25, -0.2) is 9.97 Å². The predicted octanol–water partition coefficient (Wildman–Crippen LogP) is 3.84. The molecule has 0 bridgehead atoms. The van der Waals surface area contributed by atoms with Gasteiger partial charge in [0.25, 0.3) is 0 Å². The number of halogens is 1. The maximum atomic E-state index is 12.3. The van der Waals surface area contributed by atoms with Crippen molar-refractivity contribution in [3.63, 3.8) is 0 Å². The number of benzene rings is 1. The van der Waals surface area contributed by atoms with Crippen LogP contribution >= 0.6 is 11.6 Å². The smallest absolute Gasteiger partial charge is 0.228 e. The number of fused-ring (bicyclic) bond motifs is 3. The number of aromatic nitrogens is 3. The zero-order valence-electron chi connectivity index (χ0n) is 17.2. The highest BCUT2D eigenvalue weighted by Crippen LogP contribution is 2.35. The van der Waals surface area contributed by atoms with Crippen LogP contribution in [0, 0.1) is 6.92 Å². The van der Waals surface area contributed by atoms with Crippen molar-refractivity contribution >= 4 is 34.8 Å². The minimum Gasteiger partial charge on any atom is -0.325 e. The zero-order valence-corrected chi connectivity index (χ0v) is 17.9. The third-order valence-corrected chi connectivity index (χ3v) is 5.20. The normalized spacial score (nSPS) is 12.8. The third kappa shape index (κ3) is 4.42. The van der Waals surface area contributed by atoms with Crippen LogP contribution in [0.2, 0.25) is 5.02 Å². The highest BCUT2D eigenvalue weighted by molar-refractivity contribution is 6.31. The number of carbonyl (C=O) groups is 1. The molecule has 1 amide bonds. The van der Waals surface area contributed by atoms with Gasteiger partial charge in [-0.1, -0.05) is 11.6 Å². The standard InChI is InChI=1S/C22H23ClN6O/c1-13-18(8-14(11-24-13)6-7-29(2)3)27-22-25-12-15-9-20(30)26-19-10-16(23)4-5-17(19)21(15)28-22/h4-5,8,10-12H,6-7,9H2,1-3H3,(H,26,30)(H,25,27,28). The van der Waals surface area contributed by atoms with Crippen LogP contribution in [0.1, 0.15) is 16.8 Å². The first-order valence-electron chi connectivity index (χ1n) is 9.72. The molecular weight excluding hydrogens is 400 g/mol. The van der Waals surface area contributed by atoms with Crippen molar-refractivity contribution < 1.29 is 4.79 Å². The Labute approximate surface area is 180 Å². The van der Waals surface area contributed by atoms with Crippen LogP contribution in [0.25, 0.3) is 11.3 Å². The fourth-order valence-electron chi connectivity index (χ4n) is 3.34. The largest absolute Gasteiger partial charge is 0.325 e. The molecule has 0 spiro atoms. The first kappa shape index (κ1) is 20.3. The van der Waals surface area contributed by atoms with Gasteiger partial charge >= 0.3 is 0 Å². The molecule has 2 aromatic heterocycles. The molecule has 30 heavy (non-hydrogen) atoms. The molecule has 0 radical (unpaired) electrons. The number of carbonyl (C=O) groups excluding carboxylic acids is 1. The summed E-state index contributed by atoms with van der Waals surface area (Å²) < 4.78 is 0. The van der Waals surface area contributed by atoms with Gasteiger partial charge in [0.15, 0.2) is 0 Å². The van der Waals surface area contributed by atoms with E-state index in [1.165, 1.54) is 0 Å². The van der Waals surface area contributed by atoms with Crippen LogP contribution in [-0.4, -0.2) is 46.4 Å². The number of hydrogen-bond acceptors (Lipinski definition) is 6. The fraction of sp³-hybridized carbons (Fsp3) is 0.273. The van der Waals surface area contributed by atoms with Crippen LogP contribution in [0.4, 0.5) is 17.3 Å². The highest BCUT2D eigenvalue weighted by atomic mass is 35.5. The Hall–Kier alpha value is -3.03. The number of pyridine rings is 1. The average Bonchev–Trinajstić information content (AvgIpc) is 2.83. The molecule has 0 fully saturated rings. The maximum absolute atomic E-state index is 12.3. The Balaban J connectivity index is 1.68. The molecule has 2 N–H and O–H groups in total. The lowest BCUT2D eigenvalue weighted by Gasteiger charge is -2.13. The van der Waals surface area contributed by atoms with E-state index in [0.29, 0.717) is 22.4 Å². The van der Waals surface area contributed by atoms with Gasteiger partial charge < -0.3 is 15.5 Å². The molecule has 0 saturated heterocycles. The summed E-state index contributed by atoms with van der Waals surface area (Å²) in [6.07, 6.45) is 4.72. The molecule has 3 aromatic rings. The summed E-state index contributed by atoms with van der Waals surface area (Å²) in [5.41, 5.74) is 5.83. The summed E-state index contributed by atoms with van der Waals surface area (Å²) in [5.74, 6) is 0.342. The van der Waals surface area contributed by atoms with Crippen LogP contribution in [0.3, 0.4) is 0 Å². The predicted molar refractivity (Wildman–Crippen MR) is 119 cm³/mol. The summed E-state index contributed by atoms with van der Waals surface area (Å²) >= 11 is 6.11. The summed E-state index contributed by atoms with van der Waals surface area (Å²) in [5, 5.41) is 6.74. The van der Waals surface area contributed by atoms with Crippen molar-refractivity contribution in [2.75, 3.05) is 31.3 Å². The summed E-state index contributed by atoms with van der Waals surface area (Å²) in [7, 11) is 4.10. The van der Waals surface area contributed by atoms with E-state index in [2.05, 4.69) is 45.7 Å². The molecule has 1 aliphatic heterocycles. The third-order valence-electron chi connectivity index (χ3n) is 4.96. The monoisotopic (exact) mass is 422 g/mol. The van der Waals surface area contributed by atoms with Gasteiger partial charge in [-0.15, -0.1) is 0 Å². The molecule has 4 rings (SSSR count). The molecule has 0 saturated carbocycles. The molecule has 1 aliphatic rings. The lowest BCUT2D eigenvalue weighted by atomic mass is 10.1. The lowest BCUT2D eigenvalue weighted by molar-refractivity contribution is -0.115. The number of nitrogens with zero attached hydrogens (tertiary/aromatic N) is 4. The average molecular weight is 423 g/mol. The second kappa shape index (κ2) is 8.38. The van der Waals surface area contributed by atoms with Crippen molar-refractivity contribution in [1.29, 1.82) is 0 Å². The first-order chi connectivity index (χ1) is 14.4. The number of amides is 1. The number of rotatable bonds is 5. The van der Waals surface area contributed by atoms with Crippen molar-refractivity contribution in [1.82, 2.24) is 19.9 Å². The van der Waals surface area contributed by atoms with Gasteiger partial charge in [0, 0.05) is 35.1 Å². The minimum atomic E-state index is -0.116. The Morgan fingerprint density at radius 2 is 2.03 bits per heavy atom. The van der Waals surface area contributed by atoms with Gasteiger partial charge in [0.1, 0.15) is 0 Å². The van der Waals surface area contributed by atoms with Gasteiger partial charge in [-0.05, 0) is 57.3 Å². The number of nitrogens with one attached hydrogen (secondary N) is 2. The molecule has 7 nitrogen and oxygen atoms in total. The topological polar surface area (TPSA) is 83.0 Å². The number of likely N-dealkylation sites (N-methyl/N-ethyl adjacent to an activating group) is 1. The van der Waals surface area contributed by atoms with E-state index >= 15 is 0 Å². The van der Waals surface area contributed by atoms with E-state index in [0.717, 1.165) is 41.0 Å². The lowest BCUT2D eigenvalue weighted by Crippen LogP contribution is -2.15. The van der Waals surface area contributed by atoms with Crippen molar-refractivity contribution in [3.05, 3.63) is 58.5 Å². The molecule has 154 valence electrons. The van der Waals surface area contributed by atoms with Crippen LogP contribution < -0.4 is 10.6 Å². The molecule has 0 aliphatic carbocycles. The van der Waals surface area contributed by atoms with E-state index in [-0.39, 0.29) is 12.3 Å². The van der Waals surface area contributed by atoms with E-state index in [4.69, 9.17) is 16.6 Å². The molecule has 0 atom stereocenters.